The minimum absolute atomic E-state index is 0.294. The van der Waals surface area contributed by atoms with E-state index in [1.807, 2.05) is 30.3 Å². The molecular formula is C15H13NO3S. The molecule has 0 saturated carbocycles. The van der Waals surface area contributed by atoms with E-state index in [1.165, 1.54) is 11.3 Å². The third kappa shape index (κ3) is 2.20. The fourth-order valence-corrected chi connectivity index (χ4v) is 2.96. The van der Waals surface area contributed by atoms with Crippen LogP contribution in [0.25, 0.3) is 21.1 Å². The van der Waals surface area contributed by atoms with Crippen LogP contribution in [0.2, 0.25) is 0 Å². The number of pyridine rings is 1. The van der Waals surface area contributed by atoms with Crippen molar-refractivity contribution in [3.05, 3.63) is 35.2 Å². The van der Waals surface area contributed by atoms with Crippen LogP contribution in [0, 0.1) is 0 Å². The molecule has 0 atom stereocenters. The smallest absolute Gasteiger partial charge is 0.348 e. The third-order valence-electron chi connectivity index (χ3n) is 2.98. The van der Waals surface area contributed by atoms with E-state index in [9.17, 15) is 4.79 Å². The average Bonchev–Trinajstić information content (AvgIpc) is 2.87. The van der Waals surface area contributed by atoms with Crippen molar-refractivity contribution in [3.8, 4) is 5.75 Å². The van der Waals surface area contributed by atoms with Crippen LogP contribution in [-0.4, -0.2) is 24.7 Å². The predicted octanol–water partition coefficient (Wildman–Crippen LogP) is 3.63. The van der Waals surface area contributed by atoms with Gasteiger partial charge < -0.3 is 9.47 Å². The summed E-state index contributed by atoms with van der Waals surface area (Å²) in [5.74, 6) is 0.497. The molecule has 0 bridgehead atoms. The lowest BCUT2D eigenvalue weighted by atomic mass is 10.2. The lowest BCUT2D eigenvalue weighted by Gasteiger charge is -2.01. The van der Waals surface area contributed by atoms with Gasteiger partial charge in [0.2, 0.25) is 0 Å². The van der Waals surface area contributed by atoms with Gasteiger partial charge in [0, 0.05) is 10.8 Å². The Morgan fingerprint density at radius 1 is 1.25 bits per heavy atom. The van der Waals surface area contributed by atoms with Crippen molar-refractivity contribution in [2.45, 2.75) is 6.92 Å². The summed E-state index contributed by atoms with van der Waals surface area (Å²) in [7, 11) is 1.64. The fourth-order valence-electron chi connectivity index (χ4n) is 2.04. The molecule has 20 heavy (non-hydrogen) atoms. The highest BCUT2D eigenvalue weighted by atomic mass is 32.1. The number of esters is 1. The molecule has 0 fully saturated rings. The molecule has 2 heterocycles. The lowest BCUT2D eigenvalue weighted by Crippen LogP contribution is -2.01. The number of hydrogen-bond acceptors (Lipinski definition) is 5. The highest BCUT2D eigenvalue weighted by Crippen LogP contribution is 2.29. The number of hydrogen-bond donors (Lipinski definition) is 0. The first-order valence-electron chi connectivity index (χ1n) is 6.26. The molecule has 3 rings (SSSR count). The van der Waals surface area contributed by atoms with Gasteiger partial charge in [-0.25, -0.2) is 9.78 Å². The predicted molar refractivity (Wildman–Crippen MR) is 79.6 cm³/mol. The monoisotopic (exact) mass is 287 g/mol. The van der Waals surface area contributed by atoms with E-state index >= 15 is 0 Å². The summed E-state index contributed by atoms with van der Waals surface area (Å²) in [6.45, 7) is 2.17. The van der Waals surface area contributed by atoms with Gasteiger partial charge in [-0.05, 0) is 37.3 Å². The Kier molecular flexibility index (Phi) is 3.28. The van der Waals surface area contributed by atoms with Crippen molar-refractivity contribution < 1.29 is 14.3 Å². The second kappa shape index (κ2) is 5.09. The molecular weight excluding hydrogens is 274 g/mol. The van der Waals surface area contributed by atoms with Gasteiger partial charge in [0.1, 0.15) is 15.5 Å². The van der Waals surface area contributed by atoms with Crippen LogP contribution in [0.4, 0.5) is 0 Å². The summed E-state index contributed by atoms with van der Waals surface area (Å²) < 4.78 is 10.2. The number of methoxy groups -OCH3 is 1. The highest BCUT2D eigenvalue weighted by Gasteiger charge is 2.12. The summed E-state index contributed by atoms with van der Waals surface area (Å²) in [5.41, 5.74) is 0.885. The molecule has 0 radical (unpaired) electrons. The summed E-state index contributed by atoms with van der Waals surface area (Å²) in [6.07, 6.45) is 0. The van der Waals surface area contributed by atoms with Gasteiger partial charge in [0.15, 0.2) is 0 Å². The minimum Gasteiger partial charge on any atom is -0.497 e. The molecule has 0 spiro atoms. The standard InChI is InChI=1S/C15H13NO3S/c1-3-19-15(17)13-8-10-6-9-7-11(18-2)4-5-12(9)16-14(10)20-13/h4-8H,3H2,1-2H3. The largest absolute Gasteiger partial charge is 0.497 e. The molecule has 1 aromatic carbocycles. The molecule has 0 N–H and O–H groups in total. The SMILES string of the molecule is CCOC(=O)c1cc2cc3cc(OC)ccc3nc2s1. The number of carbonyl (C=O) groups excluding carboxylic acids is 1. The van der Waals surface area contributed by atoms with Gasteiger partial charge in [0.05, 0.1) is 19.2 Å². The van der Waals surface area contributed by atoms with Gasteiger partial charge in [-0.15, -0.1) is 11.3 Å². The third-order valence-corrected chi connectivity index (χ3v) is 4.01. The summed E-state index contributed by atoms with van der Waals surface area (Å²) >= 11 is 1.35. The Hall–Kier alpha value is -2.14. The van der Waals surface area contributed by atoms with Crippen LogP contribution in [0.1, 0.15) is 16.6 Å². The quantitative estimate of drug-likeness (QED) is 0.690. The first kappa shape index (κ1) is 12.9. The first-order valence-corrected chi connectivity index (χ1v) is 7.08. The Balaban J connectivity index is 2.13. The second-order valence-electron chi connectivity index (χ2n) is 4.27. The number of carbonyl (C=O) groups is 1. The number of ether oxygens (including phenoxy) is 2. The molecule has 2 aromatic heterocycles. The average molecular weight is 287 g/mol. The number of thiophene rings is 1. The molecule has 3 aromatic rings. The van der Waals surface area contributed by atoms with Crippen molar-refractivity contribution in [1.29, 1.82) is 0 Å². The van der Waals surface area contributed by atoms with Crippen LogP contribution in [0.5, 0.6) is 5.75 Å². The molecule has 0 unspecified atom stereocenters. The zero-order valence-electron chi connectivity index (χ0n) is 11.2. The molecule has 0 saturated heterocycles. The molecule has 4 nitrogen and oxygen atoms in total. The van der Waals surface area contributed by atoms with Crippen LogP contribution in [-0.2, 0) is 4.74 Å². The number of fused-ring (bicyclic) bond motifs is 2. The number of rotatable bonds is 3. The fraction of sp³-hybridized carbons (Fsp3) is 0.200. The van der Waals surface area contributed by atoms with Crippen molar-refractivity contribution in [2.24, 2.45) is 0 Å². The Labute approximate surface area is 120 Å². The Morgan fingerprint density at radius 2 is 2.10 bits per heavy atom. The van der Waals surface area contributed by atoms with Gasteiger partial charge in [0.25, 0.3) is 0 Å². The topological polar surface area (TPSA) is 48.4 Å². The second-order valence-corrected chi connectivity index (χ2v) is 5.30. The van der Waals surface area contributed by atoms with E-state index in [0.29, 0.717) is 11.5 Å². The van der Waals surface area contributed by atoms with Gasteiger partial charge >= 0.3 is 5.97 Å². The molecule has 102 valence electrons. The van der Waals surface area contributed by atoms with Crippen LogP contribution in [0.3, 0.4) is 0 Å². The van der Waals surface area contributed by atoms with Gasteiger partial charge in [-0.2, -0.15) is 0 Å². The van der Waals surface area contributed by atoms with Gasteiger partial charge in [-0.3, -0.25) is 0 Å². The maximum atomic E-state index is 11.7. The molecule has 0 aliphatic rings. The normalized spacial score (nSPS) is 10.9. The van der Waals surface area contributed by atoms with Gasteiger partial charge in [-0.1, -0.05) is 0 Å². The van der Waals surface area contributed by atoms with Crippen molar-refractivity contribution in [3.63, 3.8) is 0 Å². The summed E-state index contributed by atoms with van der Waals surface area (Å²) in [5, 5.41) is 1.93. The minimum atomic E-state index is -0.294. The van der Waals surface area contributed by atoms with E-state index in [4.69, 9.17) is 9.47 Å². The molecule has 0 amide bonds. The van der Waals surface area contributed by atoms with Crippen molar-refractivity contribution in [1.82, 2.24) is 4.98 Å². The van der Waals surface area contributed by atoms with Crippen LogP contribution in [0.15, 0.2) is 30.3 Å². The molecule has 5 heteroatoms. The zero-order chi connectivity index (χ0) is 14.1. The lowest BCUT2D eigenvalue weighted by molar-refractivity contribution is 0.0532. The number of aromatic nitrogens is 1. The van der Waals surface area contributed by atoms with E-state index < -0.39 is 0 Å². The Morgan fingerprint density at radius 3 is 2.85 bits per heavy atom. The van der Waals surface area contributed by atoms with Crippen LogP contribution >= 0.6 is 11.3 Å². The first-order chi connectivity index (χ1) is 9.71. The van der Waals surface area contributed by atoms with Crippen molar-refractivity contribution >= 4 is 38.4 Å². The van der Waals surface area contributed by atoms with Crippen molar-refractivity contribution in [2.75, 3.05) is 13.7 Å². The summed E-state index contributed by atoms with van der Waals surface area (Å²) in [4.78, 5) is 17.7. The van der Waals surface area contributed by atoms with E-state index in [1.54, 1.807) is 14.0 Å². The van der Waals surface area contributed by atoms with E-state index in [-0.39, 0.29) is 5.97 Å². The number of benzene rings is 1. The van der Waals surface area contributed by atoms with Crippen LogP contribution < -0.4 is 4.74 Å². The highest BCUT2D eigenvalue weighted by molar-refractivity contribution is 7.20. The Bertz CT molecular complexity index is 794. The maximum absolute atomic E-state index is 11.7. The van der Waals surface area contributed by atoms with E-state index in [2.05, 4.69) is 4.98 Å². The maximum Gasteiger partial charge on any atom is 0.348 e. The summed E-state index contributed by atoms with van der Waals surface area (Å²) in [6, 6.07) is 9.56. The molecule has 0 aliphatic carbocycles. The van der Waals surface area contributed by atoms with E-state index in [0.717, 1.165) is 26.9 Å². The number of nitrogens with zero attached hydrogens (tertiary/aromatic N) is 1. The zero-order valence-corrected chi connectivity index (χ0v) is 12.0. The molecule has 0 aliphatic heterocycles.